The molecule has 1 atom stereocenters. The minimum Gasteiger partial charge on any atom is -0.492 e. The predicted octanol–water partition coefficient (Wildman–Crippen LogP) is 2.70. The van der Waals surface area contributed by atoms with Gasteiger partial charge in [0.2, 0.25) is 0 Å². The summed E-state index contributed by atoms with van der Waals surface area (Å²) in [6.07, 6.45) is 5.51. The fourth-order valence-corrected chi connectivity index (χ4v) is 4.37. The summed E-state index contributed by atoms with van der Waals surface area (Å²) in [5, 5.41) is 14.8. The van der Waals surface area contributed by atoms with Crippen molar-refractivity contribution in [3.63, 3.8) is 0 Å². The molecule has 5 rings (SSSR count). The minimum absolute atomic E-state index is 0.00433. The van der Waals surface area contributed by atoms with Crippen molar-refractivity contribution >= 4 is 5.91 Å². The first-order valence-electron chi connectivity index (χ1n) is 10.4. The van der Waals surface area contributed by atoms with Crippen molar-refractivity contribution in [3.05, 3.63) is 41.7 Å². The molecule has 7 heteroatoms. The molecular formula is C22H27N3O4. The standard InChI is InChI=1S/C22H27N3O4/c1-24-13-19-20(23-24)17(26)12-22(29-19)8-10-25(11-9-22)21(27)16-4-2-3-5-18(16)28-14-15-6-7-15/h2-5,13,15,17,26H,6-12,14H2,1H3. The molecule has 0 bridgehead atoms. The van der Waals surface area contributed by atoms with Crippen molar-refractivity contribution in [1.82, 2.24) is 14.7 Å². The Hall–Kier alpha value is -2.54. The van der Waals surface area contributed by atoms with Crippen LogP contribution in [0.15, 0.2) is 30.5 Å². The zero-order chi connectivity index (χ0) is 20.0. The number of amides is 1. The minimum atomic E-state index is -0.626. The summed E-state index contributed by atoms with van der Waals surface area (Å²) in [6, 6.07) is 7.52. The van der Waals surface area contributed by atoms with E-state index in [1.165, 1.54) is 12.8 Å². The van der Waals surface area contributed by atoms with Crippen LogP contribution in [0.3, 0.4) is 0 Å². The molecule has 7 nitrogen and oxygen atoms in total. The number of aliphatic hydroxyl groups is 1. The van der Waals surface area contributed by atoms with E-state index in [2.05, 4.69) is 5.10 Å². The summed E-state index contributed by atoms with van der Waals surface area (Å²) >= 11 is 0. The number of nitrogens with zero attached hydrogens (tertiary/aromatic N) is 3. The number of carbonyl (C=O) groups is 1. The lowest BCUT2D eigenvalue weighted by molar-refractivity contribution is -0.0504. The molecule has 1 saturated carbocycles. The molecule has 1 aromatic heterocycles. The zero-order valence-corrected chi connectivity index (χ0v) is 16.7. The van der Waals surface area contributed by atoms with Crippen LogP contribution in [0.5, 0.6) is 11.5 Å². The van der Waals surface area contributed by atoms with E-state index in [1.54, 1.807) is 4.68 Å². The molecule has 154 valence electrons. The molecule has 3 heterocycles. The first-order chi connectivity index (χ1) is 14.0. The van der Waals surface area contributed by atoms with E-state index in [0.29, 0.717) is 67.6 Å². The van der Waals surface area contributed by atoms with Gasteiger partial charge >= 0.3 is 0 Å². The van der Waals surface area contributed by atoms with E-state index >= 15 is 0 Å². The number of likely N-dealkylation sites (tertiary alicyclic amines) is 1. The molecular weight excluding hydrogens is 370 g/mol. The third kappa shape index (κ3) is 3.59. The number of hydrogen-bond donors (Lipinski definition) is 1. The monoisotopic (exact) mass is 397 g/mol. The van der Waals surface area contributed by atoms with Crippen LogP contribution < -0.4 is 9.47 Å². The second kappa shape index (κ2) is 7.06. The second-order valence-corrected chi connectivity index (χ2v) is 8.60. The Morgan fingerprint density at radius 3 is 2.83 bits per heavy atom. The Morgan fingerprint density at radius 1 is 1.31 bits per heavy atom. The highest BCUT2D eigenvalue weighted by Gasteiger charge is 2.45. The van der Waals surface area contributed by atoms with E-state index in [4.69, 9.17) is 9.47 Å². The highest BCUT2D eigenvalue weighted by Crippen LogP contribution is 2.43. The number of aromatic nitrogens is 2. The molecule has 1 unspecified atom stereocenters. The van der Waals surface area contributed by atoms with Crippen LogP contribution >= 0.6 is 0 Å². The normalized spacial score (nSPS) is 22.8. The summed E-state index contributed by atoms with van der Waals surface area (Å²) < 4.78 is 13.9. The average Bonchev–Trinajstić information content (AvgIpc) is 3.47. The fraction of sp³-hybridized carbons (Fsp3) is 0.545. The maximum absolute atomic E-state index is 13.2. The highest BCUT2D eigenvalue weighted by atomic mass is 16.5. The van der Waals surface area contributed by atoms with Crippen LogP contribution in [0.4, 0.5) is 0 Å². The van der Waals surface area contributed by atoms with Gasteiger partial charge in [-0.25, -0.2) is 0 Å². The van der Waals surface area contributed by atoms with Crippen LogP contribution in [0.25, 0.3) is 0 Å². The Morgan fingerprint density at radius 2 is 2.07 bits per heavy atom. The van der Waals surface area contributed by atoms with Crippen molar-refractivity contribution in [1.29, 1.82) is 0 Å². The second-order valence-electron chi connectivity index (χ2n) is 8.60. The lowest BCUT2D eigenvalue weighted by atomic mass is 9.83. The Bertz CT molecular complexity index is 913. The number of rotatable bonds is 4. The molecule has 3 aliphatic rings. The molecule has 1 saturated heterocycles. The van der Waals surface area contributed by atoms with Crippen LogP contribution in [0.2, 0.25) is 0 Å². The van der Waals surface area contributed by atoms with Crippen LogP contribution in [-0.2, 0) is 7.05 Å². The van der Waals surface area contributed by atoms with E-state index in [-0.39, 0.29) is 5.91 Å². The number of aliphatic hydroxyl groups excluding tert-OH is 1. The van der Waals surface area contributed by atoms with Crippen molar-refractivity contribution in [2.24, 2.45) is 13.0 Å². The Balaban J connectivity index is 1.27. The molecule has 1 amide bonds. The average molecular weight is 397 g/mol. The third-order valence-corrected chi connectivity index (χ3v) is 6.28. The van der Waals surface area contributed by atoms with Crippen LogP contribution in [-0.4, -0.2) is 51.0 Å². The van der Waals surface area contributed by atoms with E-state index in [9.17, 15) is 9.90 Å². The topological polar surface area (TPSA) is 76.8 Å². The summed E-state index contributed by atoms with van der Waals surface area (Å²) in [4.78, 5) is 15.0. The summed E-state index contributed by atoms with van der Waals surface area (Å²) in [7, 11) is 1.82. The van der Waals surface area contributed by atoms with Crippen molar-refractivity contribution in [3.8, 4) is 11.5 Å². The lowest BCUT2D eigenvalue weighted by Gasteiger charge is -2.44. The third-order valence-electron chi connectivity index (χ3n) is 6.28. The number of ether oxygens (including phenoxy) is 2. The quantitative estimate of drug-likeness (QED) is 0.858. The van der Waals surface area contributed by atoms with Gasteiger partial charge in [-0.3, -0.25) is 9.48 Å². The largest absolute Gasteiger partial charge is 0.492 e. The van der Waals surface area contributed by atoms with E-state index in [0.717, 1.165) is 0 Å². The molecule has 1 N–H and O–H groups in total. The van der Waals surface area contributed by atoms with Gasteiger partial charge in [-0.2, -0.15) is 5.10 Å². The number of benzene rings is 1. The van der Waals surface area contributed by atoms with Gasteiger partial charge in [0, 0.05) is 39.4 Å². The van der Waals surface area contributed by atoms with Crippen molar-refractivity contribution in [2.75, 3.05) is 19.7 Å². The maximum Gasteiger partial charge on any atom is 0.257 e. The Labute approximate surface area is 170 Å². The number of carbonyl (C=O) groups excluding carboxylic acids is 1. The molecule has 2 aliphatic heterocycles. The molecule has 2 aromatic rings. The maximum atomic E-state index is 13.2. The zero-order valence-electron chi connectivity index (χ0n) is 16.7. The van der Waals surface area contributed by atoms with Gasteiger partial charge in [0.25, 0.3) is 5.91 Å². The van der Waals surface area contributed by atoms with E-state index < -0.39 is 11.7 Å². The molecule has 2 fully saturated rings. The van der Waals surface area contributed by atoms with Crippen molar-refractivity contribution < 1.29 is 19.4 Å². The molecule has 1 aromatic carbocycles. The van der Waals surface area contributed by atoms with Crippen LogP contribution in [0.1, 0.15) is 54.3 Å². The van der Waals surface area contributed by atoms with Gasteiger partial charge in [0.05, 0.1) is 18.4 Å². The number of piperidine rings is 1. The highest BCUT2D eigenvalue weighted by molar-refractivity contribution is 5.97. The van der Waals surface area contributed by atoms with Gasteiger partial charge in [-0.05, 0) is 30.9 Å². The van der Waals surface area contributed by atoms with Crippen LogP contribution in [0, 0.1) is 5.92 Å². The Kier molecular flexibility index (Phi) is 4.50. The van der Waals surface area contributed by atoms with Gasteiger partial charge in [-0.1, -0.05) is 12.1 Å². The fourth-order valence-electron chi connectivity index (χ4n) is 4.37. The summed E-state index contributed by atoms with van der Waals surface area (Å²) in [5.41, 5.74) is 0.801. The predicted molar refractivity (Wildman–Crippen MR) is 106 cm³/mol. The number of para-hydroxylation sites is 1. The first-order valence-corrected chi connectivity index (χ1v) is 10.4. The molecule has 1 aliphatic carbocycles. The summed E-state index contributed by atoms with van der Waals surface area (Å²) in [5.74, 6) is 1.98. The number of hydrogen-bond acceptors (Lipinski definition) is 5. The molecule has 0 radical (unpaired) electrons. The van der Waals surface area contributed by atoms with Crippen molar-refractivity contribution in [2.45, 2.75) is 43.8 Å². The number of fused-ring (bicyclic) bond motifs is 1. The first kappa shape index (κ1) is 18.5. The number of aryl methyl sites for hydroxylation is 1. The van der Waals surface area contributed by atoms with Gasteiger partial charge in [0.15, 0.2) is 5.75 Å². The summed E-state index contributed by atoms with van der Waals surface area (Å²) in [6.45, 7) is 1.88. The SMILES string of the molecule is Cn1cc2c(n1)C(O)CC1(CCN(C(=O)c3ccccc3OCC3CC3)CC1)O2. The van der Waals surface area contributed by atoms with E-state index in [1.807, 2.05) is 42.4 Å². The molecule has 1 spiro atoms. The molecule has 29 heavy (non-hydrogen) atoms. The van der Waals surface area contributed by atoms with Gasteiger partial charge in [0.1, 0.15) is 23.1 Å². The lowest BCUT2D eigenvalue weighted by Crippen LogP contribution is -2.51. The van der Waals surface area contributed by atoms with Gasteiger partial charge < -0.3 is 19.5 Å². The van der Waals surface area contributed by atoms with Gasteiger partial charge in [-0.15, -0.1) is 0 Å². The smallest absolute Gasteiger partial charge is 0.257 e.